The van der Waals surface area contributed by atoms with Crippen molar-refractivity contribution in [3.05, 3.63) is 71.8 Å². The summed E-state index contributed by atoms with van der Waals surface area (Å²) in [6, 6.07) is 11.8. The van der Waals surface area contributed by atoms with Crippen molar-refractivity contribution in [3.63, 3.8) is 0 Å². The predicted octanol–water partition coefficient (Wildman–Crippen LogP) is 3.89. The van der Waals surface area contributed by atoms with Crippen LogP contribution in [0.1, 0.15) is 35.5 Å². The second kappa shape index (κ2) is 9.64. The van der Waals surface area contributed by atoms with E-state index in [1.165, 1.54) is 12.4 Å². The van der Waals surface area contributed by atoms with E-state index in [-0.39, 0.29) is 5.91 Å². The van der Waals surface area contributed by atoms with Gasteiger partial charge in [0, 0.05) is 43.1 Å². The lowest BCUT2D eigenvalue weighted by Crippen LogP contribution is -2.22. The van der Waals surface area contributed by atoms with Crippen LogP contribution in [-0.2, 0) is 6.54 Å². The van der Waals surface area contributed by atoms with E-state index in [9.17, 15) is 4.79 Å². The summed E-state index contributed by atoms with van der Waals surface area (Å²) in [5.74, 6) is 0.215. The predicted molar refractivity (Wildman–Crippen MR) is 116 cm³/mol. The molecule has 2 heterocycles. The van der Waals surface area contributed by atoms with Crippen LogP contribution >= 0.6 is 0 Å². The van der Waals surface area contributed by atoms with Crippen molar-refractivity contribution >= 4 is 23.2 Å². The van der Waals surface area contributed by atoms with Crippen molar-refractivity contribution in [2.24, 2.45) is 0 Å². The third-order valence-corrected chi connectivity index (χ3v) is 4.65. The number of hydrogen-bond acceptors (Lipinski definition) is 6. The molecule has 0 fully saturated rings. The number of pyridine rings is 1. The molecule has 3 rings (SSSR count). The third-order valence-electron chi connectivity index (χ3n) is 4.65. The summed E-state index contributed by atoms with van der Waals surface area (Å²) < 4.78 is 0. The molecule has 0 aliphatic heterocycles. The number of aromatic nitrogens is 3. The van der Waals surface area contributed by atoms with E-state index in [1.54, 1.807) is 6.20 Å². The summed E-state index contributed by atoms with van der Waals surface area (Å²) in [7, 11) is 0. The number of anilines is 3. The van der Waals surface area contributed by atoms with E-state index < -0.39 is 0 Å². The molecule has 1 amide bonds. The van der Waals surface area contributed by atoms with Gasteiger partial charge in [-0.3, -0.25) is 9.78 Å². The first-order valence-electron chi connectivity index (χ1n) is 9.73. The van der Waals surface area contributed by atoms with Gasteiger partial charge < -0.3 is 15.5 Å². The lowest BCUT2D eigenvalue weighted by Gasteiger charge is -2.22. The number of nitrogens with one attached hydrogen (secondary N) is 2. The Hall–Kier alpha value is -3.48. The average molecular weight is 390 g/mol. The fraction of sp³-hybridized carbons (Fsp3) is 0.273. The minimum Gasteiger partial charge on any atom is -0.372 e. The summed E-state index contributed by atoms with van der Waals surface area (Å²) in [5.41, 5.74) is 4.24. The van der Waals surface area contributed by atoms with Crippen molar-refractivity contribution in [1.82, 2.24) is 15.0 Å². The first-order chi connectivity index (χ1) is 14.1. The molecule has 2 aromatic heterocycles. The van der Waals surface area contributed by atoms with Crippen LogP contribution < -0.4 is 15.5 Å². The molecule has 3 aromatic rings. The molecular formula is C22H26N6O. The Morgan fingerprint density at radius 2 is 1.79 bits per heavy atom. The quantitative estimate of drug-likeness (QED) is 0.607. The van der Waals surface area contributed by atoms with Crippen LogP contribution in [0, 0.1) is 6.92 Å². The molecule has 29 heavy (non-hydrogen) atoms. The third kappa shape index (κ3) is 5.28. The zero-order valence-corrected chi connectivity index (χ0v) is 17.0. The van der Waals surface area contributed by atoms with Gasteiger partial charge in [0.15, 0.2) is 0 Å². The molecule has 2 N–H and O–H groups in total. The Morgan fingerprint density at radius 3 is 2.41 bits per heavy atom. The molecule has 0 bridgehead atoms. The molecule has 0 radical (unpaired) electrons. The van der Waals surface area contributed by atoms with Gasteiger partial charge in [-0.1, -0.05) is 6.07 Å². The minimum atomic E-state index is -0.236. The smallest absolute Gasteiger partial charge is 0.258 e. The normalized spacial score (nSPS) is 10.4. The van der Waals surface area contributed by atoms with Gasteiger partial charge in [-0.25, -0.2) is 9.97 Å². The largest absolute Gasteiger partial charge is 0.372 e. The van der Waals surface area contributed by atoms with E-state index in [1.807, 2.05) is 37.3 Å². The molecule has 0 saturated heterocycles. The number of amides is 1. The van der Waals surface area contributed by atoms with Crippen LogP contribution in [0.4, 0.5) is 17.3 Å². The molecular weight excluding hydrogens is 364 g/mol. The van der Waals surface area contributed by atoms with Gasteiger partial charge in [0.05, 0.1) is 17.8 Å². The zero-order chi connectivity index (χ0) is 20.6. The van der Waals surface area contributed by atoms with Crippen molar-refractivity contribution in [2.45, 2.75) is 27.3 Å². The van der Waals surface area contributed by atoms with Gasteiger partial charge in [0.2, 0.25) is 5.95 Å². The van der Waals surface area contributed by atoms with Crippen molar-refractivity contribution in [2.75, 3.05) is 28.6 Å². The van der Waals surface area contributed by atoms with Gasteiger partial charge >= 0.3 is 0 Å². The lowest BCUT2D eigenvalue weighted by molar-refractivity contribution is 0.102. The maximum absolute atomic E-state index is 12.6. The summed E-state index contributed by atoms with van der Waals surface area (Å²) in [6.45, 7) is 8.65. The summed E-state index contributed by atoms with van der Waals surface area (Å²) in [6.07, 6.45) is 4.77. The van der Waals surface area contributed by atoms with Crippen molar-refractivity contribution in [3.8, 4) is 0 Å². The number of benzene rings is 1. The van der Waals surface area contributed by atoms with Crippen LogP contribution in [0.3, 0.4) is 0 Å². The Balaban J connectivity index is 1.62. The van der Waals surface area contributed by atoms with Crippen LogP contribution in [0.15, 0.2) is 55.0 Å². The number of hydrogen-bond donors (Lipinski definition) is 2. The highest BCUT2D eigenvalue weighted by molar-refractivity contribution is 6.04. The lowest BCUT2D eigenvalue weighted by atomic mass is 10.1. The van der Waals surface area contributed by atoms with Gasteiger partial charge in [-0.05, 0) is 56.7 Å². The van der Waals surface area contributed by atoms with Crippen LogP contribution in [0.25, 0.3) is 0 Å². The molecule has 7 nitrogen and oxygen atoms in total. The van der Waals surface area contributed by atoms with Gasteiger partial charge in [-0.2, -0.15) is 0 Å². The number of aryl methyl sites for hydroxylation is 1. The maximum Gasteiger partial charge on any atom is 0.258 e. The second-order valence-corrected chi connectivity index (χ2v) is 6.60. The monoisotopic (exact) mass is 390 g/mol. The van der Waals surface area contributed by atoms with E-state index in [0.717, 1.165) is 35.7 Å². The van der Waals surface area contributed by atoms with Crippen LogP contribution in [-0.4, -0.2) is 33.9 Å². The second-order valence-electron chi connectivity index (χ2n) is 6.60. The summed E-state index contributed by atoms with van der Waals surface area (Å²) in [5, 5.41) is 6.03. The topological polar surface area (TPSA) is 83.0 Å². The number of rotatable bonds is 8. The number of nitrogens with zero attached hydrogens (tertiary/aromatic N) is 4. The van der Waals surface area contributed by atoms with E-state index in [0.29, 0.717) is 18.1 Å². The maximum atomic E-state index is 12.6. The van der Waals surface area contributed by atoms with Crippen molar-refractivity contribution < 1.29 is 4.79 Å². The van der Waals surface area contributed by atoms with Crippen molar-refractivity contribution in [1.29, 1.82) is 0 Å². The fourth-order valence-electron chi connectivity index (χ4n) is 2.98. The molecule has 0 saturated carbocycles. The Kier molecular flexibility index (Phi) is 6.73. The first kappa shape index (κ1) is 20.3. The Bertz CT molecular complexity index is 939. The fourth-order valence-corrected chi connectivity index (χ4v) is 2.98. The highest BCUT2D eigenvalue weighted by atomic mass is 16.1. The summed E-state index contributed by atoms with van der Waals surface area (Å²) in [4.78, 5) is 27.5. The molecule has 150 valence electrons. The van der Waals surface area contributed by atoms with E-state index in [2.05, 4.69) is 50.4 Å². The highest BCUT2D eigenvalue weighted by Crippen LogP contribution is 2.23. The molecule has 0 spiro atoms. The molecule has 0 atom stereocenters. The van der Waals surface area contributed by atoms with Gasteiger partial charge in [-0.15, -0.1) is 0 Å². The van der Waals surface area contributed by atoms with E-state index in [4.69, 9.17) is 0 Å². The number of carbonyl (C=O) groups is 1. The standard InChI is InChI=1S/C22H26N6O/c1-4-28(5-2)19-9-10-20(16(3)12-19)27-21(29)17-13-24-22(25-14-17)26-15-18-8-6-7-11-23-18/h6-14H,4-5,15H2,1-3H3,(H,27,29)(H,24,25,26). The van der Waals surface area contributed by atoms with E-state index >= 15 is 0 Å². The Morgan fingerprint density at radius 1 is 1.03 bits per heavy atom. The molecule has 0 aliphatic carbocycles. The highest BCUT2D eigenvalue weighted by Gasteiger charge is 2.11. The van der Waals surface area contributed by atoms with Crippen LogP contribution in [0.2, 0.25) is 0 Å². The molecule has 0 aliphatic rings. The zero-order valence-electron chi connectivity index (χ0n) is 17.0. The molecule has 1 aromatic carbocycles. The first-order valence-corrected chi connectivity index (χ1v) is 9.73. The minimum absolute atomic E-state index is 0.236. The van der Waals surface area contributed by atoms with Gasteiger partial charge in [0.1, 0.15) is 0 Å². The summed E-state index contributed by atoms with van der Waals surface area (Å²) >= 11 is 0. The molecule has 7 heteroatoms. The van der Waals surface area contributed by atoms with Gasteiger partial charge in [0.25, 0.3) is 5.91 Å². The van der Waals surface area contributed by atoms with Crippen LogP contribution in [0.5, 0.6) is 0 Å². The average Bonchev–Trinajstić information content (AvgIpc) is 2.76. The Labute approximate surface area is 171 Å². The SMILES string of the molecule is CCN(CC)c1ccc(NC(=O)c2cnc(NCc3ccccn3)nc2)c(C)c1. The number of carbonyl (C=O) groups excluding carboxylic acids is 1. The molecule has 0 unspecified atom stereocenters.